The van der Waals surface area contributed by atoms with E-state index < -0.39 is 11.6 Å². The zero-order chi connectivity index (χ0) is 12.5. The Hall–Kier alpha value is -1.71. The Kier molecular flexibility index (Phi) is 3.12. The van der Waals surface area contributed by atoms with Crippen molar-refractivity contribution in [2.24, 2.45) is 0 Å². The average Bonchev–Trinajstić information content (AvgIpc) is 2.11. The number of rotatable bonds is 1. The van der Waals surface area contributed by atoms with Crippen LogP contribution in [0.5, 0.6) is 5.75 Å². The van der Waals surface area contributed by atoms with E-state index in [1.165, 1.54) is 6.07 Å². The van der Waals surface area contributed by atoms with Gasteiger partial charge in [0.25, 0.3) is 0 Å². The third kappa shape index (κ3) is 2.66. The van der Waals surface area contributed by atoms with Crippen LogP contribution in [0.2, 0.25) is 0 Å². The molecule has 1 aromatic carbocycles. The predicted molar refractivity (Wildman–Crippen MR) is 62.4 cm³/mol. The molecule has 0 aliphatic carbocycles. The van der Waals surface area contributed by atoms with Gasteiger partial charge in [-0.3, -0.25) is 0 Å². The number of esters is 1. The van der Waals surface area contributed by atoms with Crippen LogP contribution < -0.4 is 5.73 Å². The first-order valence-corrected chi connectivity index (χ1v) is 5.04. The number of ether oxygens (including phenoxy) is 1. The monoisotopic (exact) mass is 223 g/mol. The van der Waals surface area contributed by atoms with Gasteiger partial charge in [0.15, 0.2) is 5.75 Å². The van der Waals surface area contributed by atoms with Gasteiger partial charge in [0.1, 0.15) is 11.2 Å². The summed E-state index contributed by atoms with van der Waals surface area (Å²) < 4.78 is 5.14. The van der Waals surface area contributed by atoms with Gasteiger partial charge < -0.3 is 15.6 Å². The molecule has 0 radical (unpaired) electrons. The summed E-state index contributed by atoms with van der Waals surface area (Å²) in [6, 6.07) is 3.18. The van der Waals surface area contributed by atoms with Crippen molar-refractivity contribution in [2.45, 2.75) is 33.3 Å². The Bertz CT molecular complexity index is 419. The summed E-state index contributed by atoms with van der Waals surface area (Å²) in [6.45, 7) is 7.05. The number of aromatic hydroxyl groups is 1. The Morgan fingerprint density at radius 2 is 1.94 bits per heavy atom. The summed E-state index contributed by atoms with van der Waals surface area (Å²) in [6.07, 6.45) is 0. The summed E-state index contributed by atoms with van der Waals surface area (Å²) in [5.41, 5.74) is 6.07. The van der Waals surface area contributed by atoms with Crippen LogP contribution in [0.15, 0.2) is 12.1 Å². The number of nitrogen functional groups attached to an aromatic ring is 1. The molecular formula is C12H17NO3. The zero-order valence-corrected chi connectivity index (χ0v) is 10.00. The van der Waals surface area contributed by atoms with Crippen molar-refractivity contribution in [2.75, 3.05) is 5.73 Å². The van der Waals surface area contributed by atoms with E-state index >= 15 is 0 Å². The van der Waals surface area contributed by atoms with Crippen molar-refractivity contribution in [3.63, 3.8) is 0 Å². The molecule has 0 saturated heterocycles. The van der Waals surface area contributed by atoms with E-state index in [1.807, 2.05) is 0 Å². The first-order valence-electron chi connectivity index (χ1n) is 5.04. The zero-order valence-electron chi connectivity index (χ0n) is 10.00. The Labute approximate surface area is 95.0 Å². The SMILES string of the molecule is Cc1ccc(C(=O)OC(C)(C)C)c(O)c1N. The molecule has 1 aromatic rings. The predicted octanol–water partition coefficient (Wildman–Crippen LogP) is 2.24. The molecule has 88 valence electrons. The highest BCUT2D eigenvalue weighted by Crippen LogP contribution is 2.29. The standard InChI is InChI=1S/C12H17NO3/c1-7-5-6-8(10(14)9(7)13)11(15)16-12(2,3)4/h5-6,14H,13H2,1-4H3. The molecule has 0 aliphatic rings. The van der Waals surface area contributed by atoms with Crippen molar-refractivity contribution < 1.29 is 14.6 Å². The van der Waals surface area contributed by atoms with Gasteiger partial charge in [0, 0.05) is 0 Å². The maximum Gasteiger partial charge on any atom is 0.342 e. The number of anilines is 1. The number of carbonyl (C=O) groups excluding carboxylic acids is 1. The minimum Gasteiger partial charge on any atom is -0.505 e. The molecule has 0 unspecified atom stereocenters. The van der Waals surface area contributed by atoms with E-state index in [2.05, 4.69) is 0 Å². The fourth-order valence-corrected chi connectivity index (χ4v) is 1.21. The molecule has 3 N–H and O–H groups in total. The summed E-state index contributed by atoms with van der Waals surface area (Å²) >= 11 is 0. The van der Waals surface area contributed by atoms with E-state index in [0.29, 0.717) is 0 Å². The summed E-state index contributed by atoms with van der Waals surface area (Å²) in [7, 11) is 0. The molecule has 0 aliphatic heterocycles. The molecular weight excluding hydrogens is 206 g/mol. The number of benzene rings is 1. The van der Waals surface area contributed by atoms with Gasteiger partial charge in [0.05, 0.1) is 5.69 Å². The second kappa shape index (κ2) is 4.04. The van der Waals surface area contributed by atoms with Gasteiger partial charge in [-0.2, -0.15) is 0 Å². The molecule has 4 heteroatoms. The quantitative estimate of drug-likeness (QED) is 0.435. The highest BCUT2D eigenvalue weighted by Gasteiger charge is 2.21. The molecule has 4 nitrogen and oxygen atoms in total. The third-order valence-electron chi connectivity index (χ3n) is 2.05. The third-order valence-corrected chi connectivity index (χ3v) is 2.05. The minimum absolute atomic E-state index is 0.0954. The van der Waals surface area contributed by atoms with Crippen LogP contribution in [0.3, 0.4) is 0 Å². The Balaban J connectivity index is 3.06. The van der Waals surface area contributed by atoms with Crippen LogP contribution in [0.25, 0.3) is 0 Å². The lowest BCUT2D eigenvalue weighted by Gasteiger charge is -2.20. The van der Waals surface area contributed by atoms with Gasteiger partial charge in [-0.25, -0.2) is 4.79 Å². The second-order valence-corrected chi connectivity index (χ2v) is 4.69. The van der Waals surface area contributed by atoms with Crippen molar-refractivity contribution in [3.8, 4) is 5.75 Å². The van der Waals surface area contributed by atoms with Crippen LogP contribution in [0.4, 0.5) is 5.69 Å². The molecule has 0 amide bonds. The Morgan fingerprint density at radius 1 is 1.38 bits per heavy atom. The molecule has 0 fully saturated rings. The summed E-state index contributed by atoms with van der Waals surface area (Å²) in [4.78, 5) is 11.7. The van der Waals surface area contributed by atoms with Gasteiger partial charge in [0.2, 0.25) is 0 Å². The first-order chi connectivity index (χ1) is 7.22. The van der Waals surface area contributed by atoms with E-state index in [0.717, 1.165) is 5.56 Å². The second-order valence-electron chi connectivity index (χ2n) is 4.69. The molecule has 0 heterocycles. The topological polar surface area (TPSA) is 72.5 Å². The maximum absolute atomic E-state index is 11.7. The molecule has 0 saturated carbocycles. The van der Waals surface area contributed by atoms with Crippen LogP contribution >= 0.6 is 0 Å². The normalized spacial score (nSPS) is 11.2. The largest absolute Gasteiger partial charge is 0.505 e. The highest BCUT2D eigenvalue weighted by atomic mass is 16.6. The smallest absolute Gasteiger partial charge is 0.342 e. The first kappa shape index (κ1) is 12.4. The number of hydrogen-bond donors (Lipinski definition) is 2. The van der Waals surface area contributed by atoms with E-state index in [4.69, 9.17) is 10.5 Å². The maximum atomic E-state index is 11.7. The van der Waals surface area contributed by atoms with Gasteiger partial charge in [-0.15, -0.1) is 0 Å². The number of nitrogens with two attached hydrogens (primary N) is 1. The van der Waals surface area contributed by atoms with E-state index in [-0.39, 0.29) is 17.0 Å². The van der Waals surface area contributed by atoms with Gasteiger partial charge in [-0.05, 0) is 39.3 Å². The molecule has 0 aromatic heterocycles. The number of phenols is 1. The highest BCUT2D eigenvalue weighted by molar-refractivity contribution is 5.95. The van der Waals surface area contributed by atoms with Crippen LogP contribution in [0.1, 0.15) is 36.7 Å². The molecule has 0 bridgehead atoms. The van der Waals surface area contributed by atoms with Crippen LogP contribution in [-0.2, 0) is 4.74 Å². The lowest BCUT2D eigenvalue weighted by Crippen LogP contribution is -2.24. The lowest BCUT2D eigenvalue weighted by molar-refractivity contribution is 0.00669. The van der Waals surface area contributed by atoms with E-state index in [1.54, 1.807) is 33.8 Å². The molecule has 0 atom stereocenters. The van der Waals surface area contributed by atoms with Gasteiger partial charge in [-0.1, -0.05) is 6.07 Å². The fraction of sp³-hybridized carbons (Fsp3) is 0.417. The number of aryl methyl sites for hydroxylation is 1. The van der Waals surface area contributed by atoms with Crippen molar-refractivity contribution in [1.82, 2.24) is 0 Å². The lowest BCUT2D eigenvalue weighted by atomic mass is 10.1. The van der Waals surface area contributed by atoms with Crippen molar-refractivity contribution in [3.05, 3.63) is 23.3 Å². The van der Waals surface area contributed by atoms with Crippen LogP contribution in [-0.4, -0.2) is 16.7 Å². The Morgan fingerprint density at radius 3 is 2.44 bits per heavy atom. The number of hydrogen-bond acceptors (Lipinski definition) is 4. The van der Waals surface area contributed by atoms with Crippen molar-refractivity contribution in [1.29, 1.82) is 0 Å². The molecule has 1 rings (SSSR count). The van der Waals surface area contributed by atoms with Crippen molar-refractivity contribution >= 4 is 11.7 Å². The molecule has 16 heavy (non-hydrogen) atoms. The van der Waals surface area contributed by atoms with Crippen LogP contribution in [0, 0.1) is 6.92 Å². The number of phenolic OH excluding ortho intramolecular Hbond substituents is 1. The van der Waals surface area contributed by atoms with E-state index in [9.17, 15) is 9.90 Å². The fourth-order valence-electron chi connectivity index (χ4n) is 1.21. The number of carbonyl (C=O) groups is 1. The van der Waals surface area contributed by atoms with Gasteiger partial charge >= 0.3 is 5.97 Å². The summed E-state index contributed by atoms with van der Waals surface area (Å²) in [5.74, 6) is -0.786. The summed E-state index contributed by atoms with van der Waals surface area (Å²) in [5, 5.41) is 9.72. The minimum atomic E-state index is -0.594. The molecule has 0 spiro atoms. The average molecular weight is 223 g/mol.